The summed E-state index contributed by atoms with van der Waals surface area (Å²) < 4.78 is 28.6. The first-order valence-electron chi connectivity index (χ1n) is 10.7. The van der Waals surface area contributed by atoms with Crippen LogP contribution in [0.3, 0.4) is 0 Å². The molecule has 3 aromatic rings. The lowest BCUT2D eigenvalue weighted by molar-refractivity contribution is -0.116. The summed E-state index contributed by atoms with van der Waals surface area (Å²) in [5.41, 5.74) is 3.54. The van der Waals surface area contributed by atoms with Crippen molar-refractivity contribution in [2.24, 2.45) is 0 Å². The molecule has 0 saturated carbocycles. The zero-order valence-electron chi connectivity index (χ0n) is 18.2. The highest BCUT2D eigenvalue weighted by molar-refractivity contribution is 7.97. The molecule has 1 atom stereocenters. The Labute approximate surface area is 189 Å². The largest absolute Gasteiger partial charge is 0.351 e. The predicted octanol–water partition coefficient (Wildman–Crippen LogP) is 4.54. The number of sulfonamides is 1. The minimum Gasteiger partial charge on any atom is -0.351 e. The second kappa shape index (κ2) is 9.01. The maximum Gasteiger partial charge on any atom is 0.270 e. The van der Waals surface area contributed by atoms with Gasteiger partial charge in [0.1, 0.15) is 0 Å². The number of benzene rings is 3. The van der Waals surface area contributed by atoms with Crippen molar-refractivity contribution in [1.82, 2.24) is 5.32 Å². The Balaban J connectivity index is 1.81. The van der Waals surface area contributed by atoms with E-state index in [-0.39, 0.29) is 17.4 Å². The van der Waals surface area contributed by atoms with E-state index in [1.54, 1.807) is 13.0 Å². The van der Waals surface area contributed by atoms with Gasteiger partial charge in [0.15, 0.2) is 4.91 Å². The highest BCUT2D eigenvalue weighted by Crippen LogP contribution is 2.42. The molecule has 0 aliphatic carbocycles. The molecule has 0 aromatic heterocycles. The van der Waals surface area contributed by atoms with E-state index < -0.39 is 15.9 Å². The van der Waals surface area contributed by atoms with Crippen molar-refractivity contribution in [1.29, 1.82) is 0 Å². The monoisotopic (exact) mass is 446 g/mol. The Morgan fingerprint density at radius 1 is 0.906 bits per heavy atom. The van der Waals surface area contributed by atoms with Crippen molar-refractivity contribution in [2.45, 2.75) is 19.8 Å². The van der Waals surface area contributed by atoms with E-state index in [0.717, 1.165) is 11.1 Å². The van der Waals surface area contributed by atoms with Gasteiger partial charge in [0.25, 0.3) is 15.9 Å². The summed E-state index contributed by atoms with van der Waals surface area (Å²) in [6.45, 7) is 4.34. The maximum absolute atomic E-state index is 13.7. The van der Waals surface area contributed by atoms with Crippen molar-refractivity contribution >= 4 is 27.2 Å². The maximum atomic E-state index is 13.7. The molecular weight excluding hydrogens is 420 g/mol. The molecule has 1 heterocycles. The smallest absolute Gasteiger partial charge is 0.270 e. The Hall–Kier alpha value is -3.38. The molecule has 1 aliphatic rings. The van der Waals surface area contributed by atoms with Gasteiger partial charge in [0.05, 0.1) is 5.69 Å². The van der Waals surface area contributed by atoms with Gasteiger partial charge in [0, 0.05) is 24.2 Å². The van der Waals surface area contributed by atoms with Crippen molar-refractivity contribution in [3.63, 3.8) is 0 Å². The van der Waals surface area contributed by atoms with Crippen LogP contribution >= 0.6 is 0 Å². The molecule has 32 heavy (non-hydrogen) atoms. The summed E-state index contributed by atoms with van der Waals surface area (Å²) in [6, 6.07) is 26.4. The zero-order valence-corrected chi connectivity index (χ0v) is 19.0. The van der Waals surface area contributed by atoms with Crippen LogP contribution in [0, 0.1) is 0 Å². The van der Waals surface area contributed by atoms with Crippen LogP contribution in [0.5, 0.6) is 0 Å². The minimum atomic E-state index is -4.04. The molecular formula is C26H26N2O3S. The number of nitrogens with one attached hydrogen (secondary N) is 1. The Morgan fingerprint density at radius 2 is 1.50 bits per heavy atom. The molecule has 0 bridgehead atoms. The van der Waals surface area contributed by atoms with Gasteiger partial charge in [0.2, 0.25) is 0 Å². The third-order valence-corrected chi connectivity index (χ3v) is 7.65. The van der Waals surface area contributed by atoms with Gasteiger partial charge in [-0.3, -0.25) is 9.10 Å². The summed E-state index contributed by atoms with van der Waals surface area (Å²) >= 11 is 0. The highest BCUT2D eigenvalue weighted by Gasteiger charge is 2.40. The van der Waals surface area contributed by atoms with Crippen LogP contribution in [0.15, 0.2) is 89.8 Å². The van der Waals surface area contributed by atoms with Gasteiger partial charge >= 0.3 is 0 Å². The predicted molar refractivity (Wildman–Crippen MR) is 129 cm³/mol. The van der Waals surface area contributed by atoms with Crippen molar-refractivity contribution < 1.29 is 13.2 Å². The number of nitrogens with zero attached hydrogens (tertiary/aromatic N) is 1. The molecule has 1 aliphatic heterocycles. The van der Waals surface area contributed by atoms with E-state index in [9.17, 15) is 13.2 Å². The average molecular weight is 447 g/mol. The number of anilines is 1. The van der Waals surface area contributed by atoms with Gasteiger partial charge < -0.3 is 5.32 Å². The van der Waals surface area contributed by atoms with E-state index in [0.29, 0.717) is 23.4 Å². The lowest BCUT2D eigenvalue weighted by atomic mass is 9.95. The third-order valence-electron chi connectivity index (χ3n) is 5.71. The van der Waals surface area contributed by atoms with Crippen LogP contribution in [-0.4, -0.2) is 27.4 Å². The summed E-state index contributed by atoms with van der Waals surface area (Å²) in [5, 5.41) is 2.88. The SMILES string of the molecule is CCN1c2ccccc2C(c2ccccc2)=C(C(=O)NC[C@H](C)c2ccccc2)S1(=O)=O. The van der Waals surface area contributed by atoms with Crippen molar-refractivity contribution in [3.8, 4) is 0 Å². The van der Waals surface area contributed by atoms with Crippen LogP contribution in [-0.2, 0) is 14.8 Å². The molecule has 0 saturated heterocycles. The number of para-hydroxylation sites is 1. The van der Waals surface area contributed by atoms with Crippen molar-refractivity contribution in [3.05, 3.63) is 107 Å². The second-order valence-corrected chi connectivity index (χ2v) is 9.58. The average Bonchev–Trinajstić information content (AvgIpc) is 2.82. The molecule has 0 spiro atoms. The summed E-state index contributed by atoms with van der Waals surface area (Å²) in [5.74, 6) is -0.540. The second-order valence-electron chi connectivity index (χ2n) is 7.78. The van der Waals surface area contributed by atoms with E-state index in [4.69, 9.17) is 0 Å². The molecule has 3 aromatic carbocycles. The number of carbonyl (C=O) groups excluding carboxylic acids is 1. The Kier molecular flexibility index (Phi) is 6.15. The van der Waals surface area contributed by atoms with Crippen LogP contribution in [0.25, 0.3) is 5.57 Å². The van der Waals surface area contributed by atoms with Crippen LogP contribution in [0.4, 0.5) is 5.69 Å². The number of rotatable bonds is 6. The lowest BCUT2D eigenvalue weighted by Gasteiger charge is -2.32. The summed E-state index contributed by atoms with van der Waals surface area (Å²) in [4.78, 5) is 13.2. The lowest BCUT2D eigenvalue weighted by Crippen LogP contribution is -2.42. The summed E-state index contributed by atoms with van der Waals surface area (Å²) in [6.07, 6.45) is 0. The van der Waals surface area contributed by atoms with Crippen LogP contribution in [0.2, 0.25) is 0 Å². The molecule has 1 amide bonds. The topological polar surface area (TPSA) is 66.5 Å². The molecule has 6 heteroatoms. The molecule has 164 valence electrons. The molecule has 5 nitrogen and oxygen atoms in total. The van der Waals surface area contributed by atoms with Gasteiger partial charge in [-0.25, -0.2) is 8.42 Å². The van der Waals surface area contributed by atoms with Gasteiger partial charge in [-0.2, -0.15) is 0 Å². The molecule has 0 fully saturated rings. The normalized spacial score (nSPS) is 15.8. The van der Waals surface area contributed by atoms with Gasteiger partial charge in [-0.05, 0) is 30.0 Å². The fraction of sp³-hybridized carbons (Fsp3) is 0.192. The van der Waals surface area contributed by atoms with E-state index >= 15 is 0 Å². The molecule has 4 rings (SSSR count). The van der Waals surface area contributed by atoms with Crippen LogP contribution in [0.1, 0.15) is 36.5 Å². The van der Waals surface area contributed by atoms with Gasteiger partial charge in [-0.15, -0.1) is 0 Å². The zero-order chi connectivity index (χ0) is 22.7. The van der Waals surface area contributed by atoms with Crippen LogP contribution < -0.4 is 9.62 Å². The van der Waals surface area contributed by atoms with E-state index in [1.807, 2.05) is 85.8 Å². The Morgan fingerprint density at radius 3 is 2.16 bits per heavy atom. The fourth-order valence-corrected chi connectivity index (χ4v) is 5.85. The molecule has 0 unspecified atom stereocenters. The summed E-state index contributed by atoms with van der Waals surface area (Å²) in [7, 11) is -4.04. The number of carbonyl (C=O) groups is 1. The standard InChI is InChI=1S/C26H26N2O3S/c1-3-28-23-17-11-10-16-22(23)24(21-14-8-5-9-15-21)25(32(28,30)31)26(29)27-18-19(2)20-12-6-4-7-13-20/h4-17,19H,3,18H2,1-2H3,(H,27,29)/t19-/m0/s1. The number of fused-ring (bicyclic) bond motifs is 1. The highest BCUT2D eigenvalue weighted by atomic mass is 32.2. The molecule has 1 N–H and O–H groups in total. The minimum absolute atomic E-state index is 0.0433. The number of hydrogen-bond donors (Lipinski definition) is 1. The fourth-order valence-electron chi connectivity index (χ4n) is 4.08. The van der Waals surface area contributed by atoms with E-state index in [2.05, 4.69) is 5.32 Å². The first-order valence-corrected chi connectivity index (χ1v) is 12.1. The first-order chi connectivity index (χ1) is 15.4. The number of hydrogen-bond acceptors (Lipinski definition) is 3. The quantitative estimate of drug-likeness (QED) is 0.605. The van der Waals surface area contributed by atoms with E-state index in [1.165, 1.54) is 4.31 Å². The van der Waals surface area contributed by atoms with Gasteiger partial charge in [-0.1, -0.05) is 85.8 Å². The first kappa shape index (κ1) is 21.8. The molecule has 0 radical (unpaired) electrons. The third kappa shape index (κ3) is 3.94. The van der Waals surface area contributed by atoms with Crippen molar-refractivity contribution in [2.75, 3.05) is 17.4 Å². The number of amides is 1. The Bertz CT molecular complexity index is 1250.